The summed E-state index contributed by atoms with van der Waals surface area (Å²) in [5.74, 6) is 2.48. The molecule has 1 unspecified atom stereocenters. The molecule has 1 aromatic rings. The number of nitrogens with zero attached hydrogens (tertiary/aromatic N) is 4. The third-order valence-electron chi connectivity index (χ3n) is 6.08. The Labute approximate surface area is 167 Å². The Morgan fingerprint density at radius 1 is 1.15 bits per heavy atom. The maximum Gasteiger partial charge on any atom is 0.225 e. The summed E-state index contributed by atoms with van der Waals surface area (Å²) in [6.45, 7) is 5.17. The molecule has 27 heavy (non-hydrogen) atoms. The Morgan fingerprint density at radius 3 is 2.52 bits per heavy atom. The van der Waals surface area contributed by atoms with E-state index in [1.165, 1.54) is 57.1 Å². The highest BCUT2D eigenvalue weighted by molar-refractivity contribution is 7.94. The van der Waals surface area contributed by atoms with Gasteiger partial charge in [0.15, 0.2) is 0 Å². The van der Waals surface area contributed by atoms with Gasteiger partial charge in [-0.2, -0.15) is 3.89 Å². The Kier molecular flexibility index (Phi) is 8.36. The van der Waals surface area contributed by atoms with E-state index in [0.29, 0.717) is 10.8 Å². The van der Waals surface area contributed by atoms with Gasteiger partial charge in [0.25, 0.3) is 0 Å². The average molecular weight is 393 g/mol. The molecular formula is C21H33FN4S. The summed E-state index contributed by atoms with van der Waals surface area (Å²) in [4.78, 5) is 16.0. The Bertz CT molecular complexity index is 576. The SMILES string of the molecule is CC(CCN=C1CCN(c2ncc(SF)cn2)CC1)CCC1CCCCC1. The van der Waals surface area contributed by atoms with E-state index in [4.69, 9.17) is 4.99 Å². The van der Waals surface area contributed by atoms with Crippen molar-refractivity contribution in [1.29, 1.82) is 0 Å². The number of aliphatic imine (C=N–C) groups is 1. The molecule has 0 N–H and O–H groups in total. The van der Waals surface area contributed by atoms with E-state index in [1.54, 1.807) is 12.4 Å². The maximum atomic E-state index is 12.5. The highest BCUT2D eigenvalue weighted by atomic mass is 32.2. The predicted octanol–water partition coefficient (Wildman–Crippen LogP) is 5.88. The van der Waals surface area contributed by atoms with Crippen molar-refractivity contribution >= 4 is 23.8 Å². The topological polar surface area (TPSA) is 41.4 Å². The first-order chi connectivity index (χ1) is 13.2. The highest BCUT2D eigenvalue weighted by Gasteiger charge is 2.18. The molecule has 2 heterocycles. The minimum absolute atomic E-state index is 0.185. The van der Waals surface area contributed by atoms with Gasteiger partial charge < -0.3 is 4.90 Å². The number of hydrogen-bond donors (Lipinski definition) is 0. The van der Waals surface area contributed by atoms with Crippen LogP contribution in [0.15, 0.2) is 22.3 Å². The zero-order valence-corrected chi connectivity index (χ0v) is 17.4. The molecule has 1 aliphatic carbocycles. The number of anilines is 1. The van der Waals surface area contributed by atoms with Crippen LogP contribution in [0, 0.1) is 11.8 Å². The fourth-order valence-corrected chi connectivity index (χ4v) is 4.40. The lowest BCUT2D eigenvalue weighted by Crippen LogP contribution is -2.35. The molecule has 1 atom stereocenters. The monoisotopic (exact) mass is 392 g/mol. The Hall–Kier alpha value is -1.17. The van der Waals surface area contributed by atoms with Gasteiger partial charge >= 0.3 is 0 Å². The van der Waals surface area contributed by atoms with Crippen molar-refractivity contribution < 1.29 is 3.89 Å². The number of rotatable bonds is 8. The number of piperidine rings is 1. The molecule has 1 saturated carbocycles. The van der Waals surface area contributed by atoms with Crippen LogP contribution in [-0.2, 0) is 0 Å². The average Bonchev–Trinajstić information content (AvgIpc) is 2.74. The van der Waals surface area contributed by atoms with E-state index < -0.39 is 0 Å². The number of hydrogen-bond acceptors (Lipinski definition) is 5. The first-order valence-corrected chi connectivity index (χ1v) is 11.3. The van der Waals surface area contributed by atoms with Gasteiger partial charge in [0.05, 0.1) is 17.0 Å². The van der Waals surface area contributed by atoms with E-state index >= 15 is 0 Å². The van der Waals surface area contributed by atoms with Crippen LogP contribution in [0.2, 0.25) is 0 Å². The van der Waals surface area contributed by atoms with E-state index in [-0.39, 0.29) is 12.1 Å². The molecule has 150 valence electrons. The minimum atomic E-state index is 0.185. The first-order valence-electron chi connectivity index (χ1n) is 10.6. The summed E-state index contributed by atoms with van der Waals surface area (Å²) in [6, 6.07) is 0. The molecule has 4 nitrogen and oxygen atoms in total. The van der Waals surface area contributed by atoms with Crippen molar-refractivity contribution in [2.24, 2.45) is 16.8 Å². The molecule has 1 aromatic heterocycles. The second kappa shape index (κ2) is 11.0. The maximum absolute atomic E-state index is 12.5. The second-order valence-corrected chi connectivity index (χ2v) is 8.83. The van der Waals surface area contributed by atoms with Crippen molar-refractivity contribution in [2.45, 2.75) is 76.0 Å². The van der Waals surface area contributed by atoms with E-state index in [0.717, 1.165) is 44.3 Å². The molecule has 0 aromatic carbocycles. The molecule has 0 amide bonds. The lowest BCUT2D eigenvalue weighted by Gasteiger charge is -2.27. The molecule has 6 heteroatoms. The van der Waals surface area contributed by atoms with Gasteiger partial charge in [0.1, 0.15) is 0 Å². The van der Waals surface area contributed by atoms with Crippen LogP contribution in [0.3, 0.4) is 0 Å². The van der Waals surface area contributed by atoms with Crippen molar-refractivity contribution in [3.63, 3.8) is 0 Å². The third-order valence-corrected chi connectivity index (χ3v) is 6.47. The minimum Gasteiger partial charge on any atom is -0.340 e. The molecule has 0 spiro atoms. The van der Waals surface area contributed by atoms with Gasteiger partial charge in [-0.1, -0.05) is 51.9 Å². The molecule has 3 rings (SSSR count). The highest BCUT2D eigenvalue weighted by Crippen LogP contribution is 2.29. The molecule has 2 fully saturated rings. The normalized spacial score (nSPS) is 19.9. The smallest absolute Gasteiger partial charge is 0.225 e. The van der Waals surface area contributed by atoms with E-state index in [1.807, 2.05) is 0 Å². The van der Waals surface area contributed by atoms with Crippen LogP contribution in [0.25, 0.3) is 0 Å². The van der Waals surface area contributed by atoms with Gasteiger partial charge in [-0.15, -0.1) is 0 Å². The fraction of sp³-hybridized carbons (Fsp3) is 0.762. The Balaban J connectivity index is 1.33. The van der Waals surface area contributed by atoms with Gasteiger partial charge in [-0.05, 0) is 18.3 Å². The van der Waals surface area contributed by atoms with Gasteiger partial charge in [-0.3, -0.25) is 4.99 Å². The second-order valence-electron chi connectivity index (χ2n) is 8.21. The van der Waals surface area contributed by atoms with E-state index in [2.05, 4.69) is 21.8 Å². The zero-order chi connectivity index (χ0) is 18.9. The molecule has 0 bridgehead atoms. The lowest BCUT2D eigenvalue weighted by molar-refractivity contribution is 0.309. The summed E-state index contributed by atoms with van der Waals surface area (Å²) >= 11 is 0.185. The third kappa shape index (κ3) is 6.74. The molecule has 2 aliphatic rings. The summed E-state index contributed by atoms with van der Waals surface area (Å²) in [7, 11) is 0. The van der Waals surface area contributed by atoms with Gasteiger partial charge in [-0.25, -0.2) is 9.97 Å². The predicted molar refractivity (Wildman–Crippen MR) is 112 cm³/mol. The van der Waals surface area contributed by atoms with Crippen LogP contribution in [-0.4, -0.2) is 35.3 Å². The summed E-state index contributed by atoms with van der Waals surface area (Å²) in [5, 5.41) is 0. The number of halogens is 1. The lowest BCUT2D eigenvalue weighted by atomic mass is 9.84. The standard InChI is InChI=1S/C21H33FN4S/c1-17(7-8-18-5-3-2-4-6-18)9-12-23-19-10-13-26(14-11-19)21-24-15-20(27-22)16-25-21/h15-18H,2-14H2,1H3. The largest absolute Gasteiger partial charge is 0.340 e. The summed E-state index contributed by atoms with van der Waals surface area (Å²) in [5.41, 5.74) is 1.33. The van der Waals surface area contributed by atoms with Gasteiger partial charge in [0, 0.05) is 50.6 Å². The zero-order valence-electron chi connectivity index (χ0n) is 16.6. The van der Waals surface area contributed by atoms with Crippen molar-refractivity contribution in [3.8, 4) is 0 Å². The van der Waals surface area contributed by atoms with Crippen molar-refractivity contribution in [2.75, 3.05) is 24.5 Å². The molecular weight excluding hydrogens is 359 g/mol. The first kappa shape index (κ1) is 20.6. The Morgan fingerprint density at radius 2 is 1.85 bits per heavy atom. The van der Waals surface area contributed by atoms with E-state index in [9.17, 15) is 3.89 Å². The molecule has 1 saturated heterocycles. The van der Waals surface area contributed by atoms with Crippen molar-refractivity contribution in [1.82, 2.24) is 9.97 Å². The quantitative estimate of drug-likeness (QED) is 0.554. The van der Waals surface area contributed by atoms with Crippen LogP contribution in [0.4, 0.5) is 9.83 Å². The molecule has 1 aliphatic heterocycles. The summed E-state index contributed by atoms with van der Waals surface area (Å²) < 4.78 is 12.5. The van der Waals surface area contributed by atoms with Crippen LogP contribution in [0.1, 0.15) is 71.1 Å². The van der Waals surface area contributed by atoms with Crippen molar-refractivity contribution in [3.05, 3.63) is 12.4 Å². The molecule has 0 radical (unpaired) electrons. The van der Waals surface area contributed by atoms with Crippen LogP contribution in [0.5, 0.6) is 0 Å². The van der Waals surface area contributed by atoms with Crippen LogP contribution < -0.4 is 4.90 Å². The van der Waals surface area contributed by atoms with Gasteiger partial charge in [0.2, 0.25) is 5.95 Å². The number of aromatic nitrogens is 2. The fourth-order valence-electron chi connectivity index (χ4n) is 4.22. The van der Waals surface area contributed by atoms with Crippen LogP contribution >= 0.6 is 12.1 Å². The summed E-state index contributed by atoms with van der Waals surface area (Å²) in [6.07, 6.45) is 16.4.